The van der Waals surface area contributed by atoms with E-state index in [-0.39, 0.29) is 17.9 Å². The summed E-state index contributed by atoms with van der Waals surface area (Å²) in [5.41, 5.74) is 8.05. The van der Waals surface area contributed by atoms with Crippen molar-refractivity contribution in [2.75, 3.05) is 0 Å². The van der Waals surface area contributed by atoms with Crippen molar-refractivity contribution < 1.29 is 4.79 Å². The summed E-state index contributed by atoms with van der Waals surface area (Å²) in [5, 5.41) is 2.58. The van der Waals surface area contributed by atoms with Crippen molar-refractivity contribution >= 4 is 43.4 Å². The predicted molar refractivity (Wildman–Crippen MR) is 100 cm³/mol. The fourth-order valence-corrected chi connectivity index (χ4v) is 3.95. The summed E-state index contributed by atoms with van der Waals surface area (Å²) in [7, 11) is 0. The van der Waals surface area contributed by atoms with Gasteiger partial charge in [0.1, 0.15) is 4.83 Å². The zero-order chi connectivity index (χ0) is 17.3. The van der Waals surface area contributed by atoms with Gasteiger partial charge >= 0.3 is 0 Å². The number of aromatic nitrogens is 2. The largest absolute Gasteiger partial charge is 0.370 e. The highest BCUT2D eigenvalue weighted by molar-refractivity contribution is 9.10. The van der Waals surface area contributed by atoms with Crippen molar-refractivity contribution in [3.05, 3.63) is 50.3 Å². The van der Waals surface area contributed by atoms with E-state index in [9.17, 15) is 9.59 Å². The van der Waals surface area contributed by atoms with E-state index >= 15 is 0 Å². The Bertz CT molecular complexity index is 978. The molecule has 0 saturated heterocycles. The molecule has 0 aliphatic carbocycles. The fraction of sp³-hybridized carbons (Fsp3) is 0.235. The Morgan fingerprint density at radius 1 is 1.38 bits per heavy atom. The van der Waals surface area contributed by atoms with E-state index in [0.717, 1.165) is 26.0 Å². The molecular formula is C17H16BrN3O2S. The van der Waals surface area contributed by atoms with Gasteiger partial charge in [-0.2, -0.15) is 0 Å². The average molecular weight is 406 g/mol. The highest BCUT2D eigenvalue weighted by atomic mass is 79.9. The zero-order valence-corrected chi connectivity index (χ0v) is 15.5. The minimum Gasteiger partial charge on any atom is -0.370 e. The van der Waals surface area contributed by atoms with E-state index in [0.29, 0.717) is 18.4 Å². The molecule has 0 aliphatic heterocycles. The van der Waals surface area contributed by atoms with Crippen LogP contribution in [-0.2, 0) is 11.3 Å². The SMILES string of the molecule is Cc1ccc(Br)c(-c2csc3ncn(CCCC(N)=O)c(=O)c23)c1. The van der Waals surface area contributed by atoms with Gasteiger partial charge < -0.3 is 5.73 Å². The second kappa shape index (κ2) is 6.86. The van der Waals surface area contributed by atoms with Crippen LogP contribution >= 0.6 is 27.3 Å². The summed E-state index contributed by atoms with van der Waals surface area (Å²) in [5.74, 6) is -0.364. The van der Waals surface area contributed by atoms with Crippen LogP contribution in [0.3, 0.4) is 0 Å². The van der Waals surface area contributed by atoms with Crippen LogP contribution in [0.15, 0.2) is 39.2 Å². The van der Waals surface area contributed by atoms with Gasteiger partial charge in [0.15, 0.2) is 0 Å². The Labute approximate surface area is 151 Å². The zero-order valence-electron chi connectivity index (χ0n) is 13.1. The minimum absolute atomic E-state index is 0.0888. The molecule has 24 heavy (non-hydrogen) atoms. The standard InChI is InChI=1S/C17H16BrN3O2S/c1-10-4-5-13(18)11(7-10)12-8-24-16-15(12)17(23)21(9-20-16)6-2-3-14(19)22/h4-5,7-9H,2-3,6H2,1H3,(H2,19,22). The lowest BCUT2D eigenvalue weighted by Crippen LogP contribution is -2.21. The number of carbonyl (C=O) groups is 1. The number of rotatable bonds is 5. The molecular weight excluding hydrogens is 390 g/mol. The summed E-state index contributed by atoms with van der Waals surface area (Å²) in [6.07, 6.45) is 2.32. The molecule has 3 aromatic rings. The molecule has 3 rings (SSSR count). The molecule has 2 N–H and O–H groups in total. The number of nitrogens with zero attached hydrogens (tertiary/aromatic N) is 2. The van der Waals surface area contributed by atoms with Crippen LogP contribution in [0, 0.1) is 6.92 Å². The number of nitrogens with two attached hydrogens (primary N) is 1. The first-order valence-electron chi connectivity index (χ1n) is 7.49. The fourth-order valence-electron chi connectivity index (χ4n) is 2.59. The molecule has 0 radical (unpaired) electrons. The number of halogens is 1. The van der Waals surface area contributed by atoms with Crippen molar-refractivity contribution in [2.45, 2.75) is 26.3 Å². The lowest BCUT2D eigenvalue weighted by Gasteiger charge is -2.07. The quantitative estimate of drug-likeness (QED) is 0.705. The molecule has 0 aliphatic rings. The van der Waals surface area contributed by atoms with Crippen LogP contribution in [0.5, 0.6) is 0 Å². The molecule has 2 aromatic heterocycles. The predicted octanol–water partition coefficient (Wildman–Crippen LogP) is 3.46. The number of thiophene rings is 1. The maximum absolute atomic E-state index is 12.9. The van der Waals surface area contributed by atoms with Crippen molar-refractivity contribution in [1.82, 2.24) is 9.55 Å². The number of aryl methyl sites for hydroxylation is 2. The maximum Gasteiger partial charge on any atom is 0.262 e. The van der Waals surface area contributed by atoms with Crippen LogP contribution in [-0.4, -0.2) is 15.5 Å². The normalized spacial score (nSPS) is 11.1. The number of hydrogen-bond acceptors (Lipinski definition) is 4. The number of amides is 1. The lowest BCUT2D eigenvalue weighted by atomic mass is 10.0. The molecule has 0 unspecified atom stereocenters. The van der Waals surface area contributed by atoms with Gasteiger partial charge in [0.05, 0.1) is 11.7 Å². The van der Waals surface area contributed by atoms with Gasteiger partial charge in [0.25, 0.3) is 5.56 Å². The van der Waals surface area contributed by atoms with Crippen LogP contribution < -0.4 is 11.3 Å². The summed E-state index contributed by atoms with van der Waals surface area (Å²) in [6, 6.07) is 6.05. The average Bonchev–Trinajstić information content (AvgIpc) is 2.96. The maximum atomic E-state index is 12.9. The molecule has 2 heterocycles. The molecule has 0 atom stereocenters. The number of carbonyl (C=O) groups excluding carboxylic acids is 1. The summed E-state index contributed by atoms with van der Waals surface area (Å²) in [4.78, 5) is 28.8. The van der Waals surface area contributed by atoms with E-state index in [1.165, 1.54) is 17.7 Å². The first-order valence-corrected chi connectivity index (χ1v) is 9.16. The Balaban J connectivity index is 2.09. The third kappa shape index (κ3) is 3.27. The highest BCUT2D eigenvalue weighted by Gasteiger charge is 2.15. The van der Waals surface area contributed by atoms with Gasteiger partial charge in [0.2, 0.25) is 5.91 Å². The number of benzene rings is 1. The number of primary amides is 1. The molecule has 1 amide bonds. The summed E-state index contributed by atoms with van der Waals surface area (Å²) < 4.78 is 2.49. The molecule has 0 spiro atoms. The van der Waals surface area contributed by atoms with Gasteiger partial charge in [-0.1, -0.05) is 33.6 Å². The Morgan fingerprint density at radius 2 is 2.17 bits per heavy atom. The van der Waals surface area contributed by atoms with Crippen LogP contribution in [0.2, 0.25) is 0 Å². The topological polar surface area (TPSA) is 78.0 Å². The molecule has 0 bridgehead atoms. The summed E-state index contributed by atoms with van der Waals surface area (Å²) >= 11 is 5.02. The highest BCUT2D eigenvalue weighted by Crippen LogP contribution is 2.35. The molecule has 5 nitrogen and oxygen atoms in total. The first kappa shape index (κ1) is 16.9. The molecule has 7 heteroatoms. The van der Waals surface area contributed by atoms with Crippen LogP contribution in [0.4, 0.5) is 0 Å². The monoisotopic (exact) mass is 405 g/mol. The second-order valence-corrected chi connectivity index (χ2v) is 7.34. The van der Waals surface area contributed by atoms with Crippen molar-refractivity contribution in [3.8, 4) is 11.1 Å². The molecule has 124 valence electrons. The smallest absolute Gasteiger partial charge is 0.262 e. The van der Waals surface area contributed by atoms with Gasteiger partial charge in [-0.15, -0.1) is 11.3 Å². The van der Waals surface area contributed by atoms with Crippen molar-refractivity contribution in [1.29, 1.82) is 0 Å². The second-order valence-electron chi connectivity index (χ2n) is 5.63. The third-order valence-electron chi connectivity index (χ3n) is 3.79. The van der Waals surface area contributed by atoms with E-state index in [4.69, 9.17) is 5.73 Å². The van der Waals surface area contributed by atoms with E-state index in [1.807, 2.05) is 24.4 Å². The first-order chi connectivity index (χ1) is 11.5. The van der Waals surface area contributed by atoms with Crippen molar-refractivity contribution in [3.63, 3.8) is 0 Å². The van der Waals surface area contributed by atoms with Gasteiger partial charge in [-0.3, -0.25) is 14.2 Å². The Hall–Kier alpha value is -1.99. The van der Waals surface area contributed by atoms with Crippen LogP contribution in [0.1, 0.15) is 18.4 Å². The Morgan fingerprint density at radius 3 is 2.92 bits per heavy atom. The van der Waals surface area contributed by atoms with E-state index in [1.54, 1.807) is 4.57 Å². The third-order valence-corrected chi connectivity index (χ3v) is 5.37. The van der Waals surface area contributed by atoms with E-state index in [2.05, 4.69) is 27.0 Å². The Kier molecular flexibility index (Phi) is 4.82. The van der Waals surface area contributed by atoms with Gasteiger partial charge in [0, 0.05) is 28.4 Å². The number of fused-ring (bicyclic) bond motifs is 1. The van der Waals surface area contributed by atoms with Crippen LogP contribution in [0.25, 0.3) is 21.3 Å². The number of hydrogen-bond donors (Lipinski definition) is 1. The van der Waals surface area contributed by atoms with E-state index < -0.39 is 0 Å². The lowest BCUT2D eigenvalue weighted by molar-refractivity contribution is -0.118. The van der Waals surface area contributed by atoms with Gasteiger partial charge in [-0.05, 0) is 25.0 Å². The molecule has 0 fully saturated rings. The molecule has 0 saturated carbocycles. The summed E-state index contributed by atoms with van der Waals surface area (Å²) in [6.45, 7) is 2.44. The molecule has 1 aromatic carbocycles. The minimum atomic E-state index is -0.364. The van der Waals surface area contributed by atoms with Gasteiger partial charge in [-0.25, -0.2) is 4.98 Å². The van der Waals surface area contributed by atoms with Crippen molar-refractivity contribution in [2.24, 2.45) is 5.73 Å².